The number of nitrogens with one attached hydrogen (secondary N) is 1. The molecule has 1 atom stereocenters. The number of nitrogens with zero attached hydrogens (tertiary/aromatic N) is 2. The van der Waals surface area contributed by atoms with Gasteiger partial charge in [-0.25, -0.2) is 23.3 Å². The minimum Gasteiger partial charge on any atom is -0.384 e. The number of rotatable bonds is 9. The summed E-state index contributed by atoms with van der Waals surface area (Å²) in [5, 5.41) is 9.20. The Labute approximate surface area is 196 Å². The molecule has 0 bridgehead atoms. The predicted octanol–water partition coefficient (Wildman–Crippen LogP) is 2.09. The second-order valence-corrected chi connectivity index (χ2v) is 10.7. The van der Waals surface area contributed by atoms with Gasteiger partial charge in [0.1, 0.15) is 5.82 Å². The molecule has 0 aliphatic rings. The average molecular weight is 492 g/mol. The fourth-order valence-electron chi connectivity index (χ4n) is 3.57. The molecule has 0 aliphatic heterocycles. The highest BCUT2D eigenvalue weighted by Crippen LogP contribution is 2.26. The van der Waals surface area contributed by atoms with Gasteiger partial charge in [0, 0.05) is 25.5 Å². The lowest BCUT2D eigenvalue weighted by Gasteiger charge is -2.25. The number of aryl methyl sites for hydroxylation is 1. The molecule has 3 rings (SSSR count). The van der Waals surface area contributed by atoms with Crippen LogP contribution < -0.4 is 11.0 Å². The molecule has 0 spiro atoms. The summed E-state index contributed by atoms with van der Waals surface area (Å²) >= 11 is 0. The van der Waals surface area contributed by atoms with Crippen molar-refractivity contribution in [1.82, 2.24) is 15.0 Å². The molecule has 0 aliphatic carbocycles. The number of hydroxylamine groups is 1. The summed E-state index contributed by atoms with van der Waals surface area (Å²) in [5.41, 5.74) is 3.01. The van der Waals surface area contributed by atoms with Crippen LogP contribution in [0.3, 0.4) is 0 Å². The standard InChI is InChI=1S/C23H26FN3O6S/c1-23(22(29)26-30,34(3,31)32)9-10-27-14-25-20-13-16(5-7-18(20)21(27)28)17-6-4-15(8-11-33-2)12-19(17)24/h4-7,12-14,30H,8-11H2,1-3H3,(H,26,29)/t23-/m1/s1. The largest absolute Gasteiger partial charge is 0.384 e. The van der Waals surface area contributed by atoms with E-state index in [1.807, 2.05) is 6.07 Å². The van der Waals surface area contributed by atoms with E-state index < -0.39 is 31.9 Å². The third-order valence-corrected chi connectivity index (χ3v) is 8.02. The van der Waals surface area contributed by atoms with Crippen molar-refractivity contribution in [1.29, 1.82) is 0 Å². The average Bonchev–Trinajstić information content (AvgIpc) is 2.80. The van der Waals surface area contributed by atoms with Crippen LogP contribution in [0.4, 0.5) is 4.39 Å². The van der Waals surface area contributed by atoms with Gasteiger partial charge in [-0.3, -0.25) is 19.4 Å². The number of amides is 1. The lowest BCUT2D eigenvalue weighted by Crippen LogP contribution is -2.50. The number of ether oxygens (including phenoxy) is 1. The van der Waals surface area contributed by atoms with E-state index in [-0.39, 0.29) is 18.4 Å². The lowest BCUT2D eigenvalue weighted by molar-refractivity contribution is -0.131. The van der Waals surface area contributed by atoms with Crippen LogP contribution in [0.25, 0.3) is 22.0 Å². The molecule has 9 nitrogen and oxygen atoms in total. The Kier molecular flexibility index (Phi) is 7.49. The number of hydrogen-bond donors (Lipinski definition) is 2. The molecular formula is C23H26FN3O6S. The maximum Gasteiger partial charge on any atom is 0.264 e. The monoisotopic (exact) mass is 491 g/mol. The maximum atomic E-state index is 14.7. The summed E-state index contributed by atoms with van der Waals surface area (Å²) in [7, 11) is -2.32. The number of methoxy groups -OCH3 is 1. The number of halogens is 1. The van der Waals surface area contributed by atoms with Crippen molar-refractivity contribution in [2.45, 2.75) is 31.1 Å². The minimum absolute atomic E-state index is 0.127. The van der Waals surface area contributed by atoms with Gasteiger partial charge in [0.15, 0.2) is 14.6 Å². The molecule has 3 aromatic rings. The third-order valence-electron chi connectivity index (χ3n) is 5.99. The Bertz CT molecular complexity index is 1390. The summed E-state index contributed by atoms with van der Waals surface area (Å²) in [6.45, 7) is 1.53. The van der Waals surface area contributed by atoms with Crippen molar-refractivity contribution in [2.24, 2.45) is 0 Å². The summed E-state index contributed by atoms with van der Waals surface area (Å²) in [5.74, 6) is -1.49. The van der Waals surface area contributed by atoms with Crippen molar-refractivity contribution in [3.8, 4) is 11.1 Å². The molecular weight excluding hydrogens is 465 g/mol. The Morgan fingerprint density at radius 1 is 1.26 bits per heavy atom. The Hall–Kier alpha value is -3.15. The molecule has 34 heavy (non-hydrogen) atoms. The SMILES string of the molecule is COCCc1ccc(-c2ccc3c(=O)n(CC[C@](C)(C(=O)NO)S(C)(=O)=O)cnc3c2)c(F)c1. The highest BCUT2D eigenvalue weighted by atomic mass is 32.2. The van der Waals surface area contributed by atoms with E-state index in [2.05, 4.69) is 4.98 Å². The summed E-state index contributed by atoms with van der Waals surface area (Å²) in [6.07, 6.45) is 2.46. The van der Waals surface area contributed by atoms with Gasteiger partial charge in [0.2, 0.25) is 0 Å². The van der Waals surface area contributed by atoms with Gasteiger partial charge in [0.05, 0.1) is 23.8 Å². The third kappa shape index (κ3) is 5.01. The number of carbonyl (C=O) groups excluding carboxylic acids is 1. The molecule has 0 radical (unpaired) electrons. The van der Waals surface area contributed by atoms with Crippen LogP contribution in [0.2, 0.25) is 0 Å². The highest BCUT2D eigenvalue weighted by molar-refractivity contribution is 7.92. The van der Waals surface area contributed by atoms with Gasteiger partial charge in [-0.15, -0.1) is 0 Å². The van der Waals surface area contributed by atoms with E-state index in [0.29, 0.717) is 29.7 Å². The Morgan fingerprint density at radius 3 is 2.62 bits per heavy atom. The molecule has 1 amide bonds. The smallest absolute Gasteiger partial charge is 0.264 e. The molecule has 1 aromatic heterocycles. The van der Waals surface area contributed by atoms with Crippen LogP contribution in [0.15, 0.2) is 47.5 Å². The normalized spacial score (nSPS) is 13.6. The van der Waals surface area contributed by atoms with E-state index >= 15 is 0 Å². The second-order valence-electron chi connectivity index (χ2n) is 8.23. The number of hydrogen-bond acceptors (Lipinski definition) is 7. The van der Waals surface area contributed by atoms with E-state index in [0.717, 1.165) is 11.8 Å². The van der Waals surface area contributed by atoms with Crippen molar-refractivity contribution >= 4 is 26.6 Å². The lowest BCUT2D eigenvalue weighted by atomic mass is 10.0. The van der Waals surface area contributed by atoms with Crippen molar-refractivity contribution in [3.63, 3.8) is 0 Å². The van der Waals surface area contributed by atoms with Gasteiger partial charge in [0.25, 0.3) is 11.5 Å². The topological polar surface area (TPSA) is 128 Å². The molecule has 0 saturated carbocycles. The fourth-order valence-corrected chi connectivity index (χ4v) is 4.42. The second kappa shape index (κ2) is 10.00. The Balaban J connectivity index is 1.91. The molecule has 1 heterocycles. The number of aromatic nitrogens is 2. The molecule has 2 aromatic carbocycles. The first-order chi connectivity index (χ1) is 16.0. The van der Waals surface area contributed by atoms with Crippen molar-refractivity contribution in [3.05, 3.63) is 64.5 Å². The van der Waals surface area contributed by atoms with Gasteiger partial charge in [-0.1, -0.05) is 18.2 Å². The fraction of sp³-hybridized carbons (Fsp3) is 0.348. The van der Waals surface area contributed by atoms with E-state index in [1.54, 1.807) is 25.3 Å². The van der Waals surface area contributed by atoms with Gasteiger partial charge < -0.3 is 4.74 Å². The predicted molar refractivity (Wildman–Crippen MR) is 125 cm³/mol. The van der Waals surface area contributed by atoms with Crippen LogP contribution in [-0.4, -0.2) is 53.8 Å². The first-order valence-corrected chi connectivity index (χ1v) is 12.3. The molecule has 0 fully saturated rings. The minimum atomic E-state index is -3.90. The van der Waals surface area contributed by atoms with Gasteiger partial charge >= 0.3 is 0 Å². The van der Waals surface area contributed by atoms with E-state index in [1.165, 1.54) is 35.4 Å². The van der Waals surface area contributed by atoms with E-state index in [9.17, 15) is 22.4 Å². The number of sulfone groups is 1. The zero-order valence-corrected chi connectivity index (χ0v) is 19.9. The molecule has 0 unspecified atom stereocenters. The first-order valence-electron chi connectivity index (χ1n) is 10.4. The number of carbonyl (C=O) groups is 1. The summed E-state index contributed by atoms with van der Waals surface area (Å²) in [4.78, 5) is 29.2. The van der Waals surface area contributed by atoms with E-state index in [4.69, 9.17) is 9.94 Å². The van der Waals surface area contributed by atoms with Crippen molar-refractivity contribution < 1.29 is 27.5 Å². The van der Waals surface area contributed by atoms with Gasteiger partial charge in [-0.2, -0.15) is 0 Å². The highest BCUT2D eigenvalue weighted by Gasteiger charge is 2.43. The zero-order chi connectivity index (χ0) is 25.1. The van der Waals surface area contributed by atoms with Crippen LogP contribution in [-0.2, 0) is 32.3 Å². The van der Waals surface area contributed by atoms with Crippen LogP contribution in [0.1, 0.15) is 18.9 Å². The summed E-state index contributed by atoms with van der Waals surface area (Å²) in [6, 6.07) is 9.68. The van der Waals surface area contributed by atoms with Crippen LogP contribution in [0, 0.1) is 5.82 Å². The summed E-state index contributed by atoms with van der Waals surface area (Å²) < 4.78 is 43.2. The first kappa shape index (κ1) is 25.5. The molecule has 11 heteroatoms. The van der Waals surface area contributed by atoms with Crippen molar-refractivity contribution in [2.75, 3.05) is 20.0 Å². The van der Waals surface area contributed by atoms with Gasteiger partial charge in [-0.05, 0) is 49.1 Å². The quantitative estimate of drug-likeness (QED) is 0.347. The van der Waals surface area contributed by atoms with Crippen LogP contribution >= 0.6 is 0 Å². The molecule has 0 saturated heterocycles. The van der Waals surface area contributed by atoms with Crippen LogP contribution in [0.5, 0.6) is 0 Å². The molecule has 182 valence electrons. The number of benzene rings is 2. The Morgan fingerprint density at radius 2 is 2.00 bits per heavy atom. The zero-order valence-electron chi connectivity index (χ0n) is 19.0. The number of fused-ring (bicyclic) bond motifs is 1. The maximum absolute atomic E-state index is 14.7. The molecule has 2 N–H and O–H groups in total.